The standard InChI is InChI=1S/C8H10N2.H2/c1-4-7-6(2)5-10-8(7)9-3;/h4-5,10H,1,3H2,2H3;1H. The first kappa shape index (κ1) is 6.81. The zero-order chi connectivity index (χ0) is 7.56. The van der Waals surface area contributed by atoms with Gasteiger partial charge in [0.2, 0.25) is 0 Å². The van der Waals surface area contributed by atoms with Crippen LogP contribution in [0, 0.1) is 6.92 Å². The number of hydrogen-bond donors (Lipinski definition) is 1. The molecule has 0 aliphatic heterocycles. The number of aryl methyl sites for hydroxylation is 1. The molecule has 0 bridgehead atoms. The van der Waals surface area contributed by atoms with Crippen LogP contribution in [0.25, 0.3) is 6.08 Å². The number of aromatic nitrogens is 1. The van der Waals surface area contributed by atoms with E-state index in [-0.39, 0.29) is 1.43 Å². The summed E-state index contributed by atoms with van der Waals surface area (Å²) in [7, 11) is 0. The van der Waals surface area contributed by atoms with Crippen LogP contribution in [0.15, 0.2) is 17.8 Å². The van der Waals surface area contributed by atoms with E-state index in [1.807, 2.05) is 13.1 Å². The molecule has 0 saturated heterocycles. The summed E-state index contributed by atoms with van der Waals surface area (Å²) in [6, 6.07) is 0. The highest BCUT2D eigenvalue weighted by Crippen LogP contribution is 2.20. The fourth-order valence-corrected chi connectivity index (χ4v) is 0.907. The molecule has 54 valence electrons. The van der Waals surface area contributed by atoms with Gasteiger partial charge >= 0.3 is 0 Å². The van der Waals surface area contributed by atoms with Crippen molar-refractivity contribution in [1.29, 1.82) is 0 Å². The molecule has 0 atom stereocenters. The SMILES string of the molecule is C=Cc1c(C)c[nH]c1N=C.[HH]. The van der Waals surface area contributed by atoms with Gasteiger partial charge in [-0.3, -0.25) is 0 Å². The Labute approximate surface area is 61.8 Å². The molecule has 0 spiro atoms. The van der Waals surface area contributed by atoms with Gasteiger partial charge in [0.25, 0.3) is 0 Å². The summed E-state index contributed by atoms with van der Waals surface area (Å²) in [5.74, 6) is 0.799. The van der Waals surface area contributed by atoms with Gasteiger partial charge in [-0.15, -0.1) is 0 Å². The number of rotatable bonds is 2. The Kier molecular flexibility index (Phi) is 1.71. The predicted molar refractivity (Wildman–Crippen MR) is 46.9 cm³/mol. The number of aromatic amines is 1. The maximum absolute atomic E-state index is 3.79. The molecular formula is C8H12N2. The van der Waals surface area contributed by atoms with Crippen molar-refractivity contribution in [3.8, 4) is 0 Å². The van der Waals surface area contributed by atoms with Gasteiger partial charge in [0.1, 0.15) is 5.82 Å². The zero-order valence-corrected chi connectivity index (χ0v) is 6.02. The number of hydrogen-bond acceptors (Lipinski definition) is 1. The minimum absolute atomic E-state index is 0. The van der Waals surface area contributed by atoms with Crippen molar-refractivity contribution in [2.24, 2.45) is 4.99 Å². The van der Waals surface area contributed by atoms with Crippen LogP contribution in [-0.4, -0.2) is 11.7 Å². The molecular weight excluding hydrogens is 124 g/mol. The quantitative estimate of drug-likeness (QED) is 0.605. The minimum atomic E-state index is 0. The lowest BCUT2D eigenvalue weighted by atomic mass is 10.2. The lowest BCUT2D eigenvalue weighted by Crippen LogP contribution is -1.69. The molecule has 0 amide bonds. The van der Waals surface area contributed by atoms with E-state index in [1.54, 1.807) is 6.08 Å². The first-order chi connectivity index (χ1) is 4.79. The van der Waals surface area contributed by atoms with Gasteiger partial charge in [-0.1, -0.05) is 12.7 Å². The Balaban J connectivity index is 0.000001000. The molecule has 1 rings (SSSR count). The van der Waals surface area contributed by atoms with Gasteiger partial charge in [-0.2, -0.15) is 0 Å². The van der Waals surface area contributed by atoms with Crippen LogP contribution in [0.3, 0.4) is 0 Å². The van der Waals surface area contributed by atoms with Crippen molar-refractivity contribution in [2.45, 2.75) is 6.92 Å². The van der Waals surface area contributed by atoms with Crippen LogP contribution in [0.5, 0.6) is 0 Å². The number of nitrogens with zero attached hydrogens (tertiary/aromatic N) is 1. The van der Waals surface area contributed by atoms with Crippen LogP contribution in [-0.2, 0) is 0 Å². The van der Waals surface area contributed by atoms with Gasteiger partial charge in [0.05, 0.1) is 0 Å². The topological polar surface area (TPSA) is 28.1 Å². The highest BCUT2D eigenvalue weighted by molar-refractivity contribution is 5.65. The summed E-state index contributed by atoms with van der Waals surface area (Å²) < 4.78 is 0. The first-order valence-electron chi connectivity index (χ1n) is 3.06. The van der Waals surface area contributed by atoms with Crippen molar-refractivity contribution in [1.82, 2.24) is 4.98 Å². The average Bonchev–Trinajstić information content (AvgIpc) is 2.30. The number of aliphatic imine (C=N–C) groups is 1. The second-order valence-corrected chi connectivity index (χ2v) is 2.10. The maximum atomic E-state index is 3.79. The summed E-state index contributed by atoms with van der Waals surface area (Å²) in [6.07, 6.45) is 3.66. The molecule has 1 aromatic heterocycles. The Bertz CT molecular complexity index is 263. The molecule has 0 aromatic carbocycles. The van der Waals surface area contributed by atoms with Crippen LogP contribution >= 0.6 is 0 Å². The van der Waals surface area contributed by atoms with Crippen LogP contribution in [0.4, 0.5) is 5.82 Å². The Morgan fingerprint density at radius 1 is 1.80 bits per heavy atom. The molecule has 1 aromatic rings. The summed E-state index contributed by atoms with van der Waals surface area (Å²) in [4.78, 5) is 6.76. The van der Waals surface area contributed by atoms with Crippen molar-refractivity contribution >= 4 is 18.6 Å². The van der Waals surface area contributed by atoms with E-state index in [1.165, 1.54) is 0 Å². The van der Waals surface area contributed by atoms with E-state index in [4.69, 9.17) is 0 Å². The minimum Gasteiger partial charge on any atom is -0.346 e. The molecule has 2 nitrogen and oxygen atoms in total. The summed E-state index contributed by atoms with van der Waals surface area (Å²) >= 11 is 0. The average molecular weight is 136 g/mol. The van der Waals surface area contributed by atoms with E-state index >= 15 is 0 Å². The monoisotopic (exact) mass is 136 g/mol. The van der Waals surface area contributed by atoms with Crippen molar-refractivity contribution in [3.63, 3.8) is 0 Å². The van der Waals surface area contributed by atoms with Crippen molar-refractivity contribution in [2.75, 3.05) is 0 Å². The second-order valence-electron chi connectivity index (χ2n) is 2.10. The van der Waals surface area contributed by atoms with Crippen LogP contribution in [0.2, 0.25) is 0 Å². The highest BCUT2D eigenvalue weighted by Gasteiger charge is 2.00. The van der Waals surface area contributed by atoms with Gasteiger partial charge in [0.15, 0.2) is 0 Å². The van der Waals surface area contributed by atoms with E-state index in [0.29, 0.717) is 0 Å². The molecule has 10 heavy (non-hydrogen) atoms. The predicted octanol–water partition coefficient (Wildman–Crippen LogP) is 2.54. The molecule has 0 saturated carbocycles. The highest BCUT2D eigenvalue weighted by atomic mass is 14.9. The Hall–Kier alpha value is -1.31. The van der Waals surface area contributed by atoms with Gasteiger partial charge in [-0.25, -0.2) is 4.99 Å². The Morgan fingerprint density at radius 3 is 2.90 bits per heavy atom. The van der Waals surface area contributed by atoms with Gasteiger partial charge in [-0.05, 0) is 19.2 Å². The fraction of sp³-hybridized carbons (Fsp3) is 0.125. The first-order valence-corrected chi connectivity index (χ1v) is 3.06. The molecule has 1 N–H and O–H groups in total. The van der Waals surface area contributed by atoms with Gasteiger partial charge in [0, 0.05) is 13.2 Å². The van der Waals surface area contributed by atoms with Crippen LogP contribution in [0.1, 0.15) is 12.6 Å². The van der Waals surface area contributed by atoms with Crippen LogP contribution < -0.4 is 0 Å². The number of H-pyrrole nitrogens is 1. The molecule has 0 aliphatic carbocycles. The lowest BCUT2D eigenvalue weighted by Gasteiger charge is -1.89. The fourth-order valence-electron chi connectivity index (χ4n) is 0.907. The third-order valence-electron chi connectivity index (χ3n) is 1.47. The lowest BCUT2D eigenvalue weighted by molar-refractivity contribution is 1.34. The normalized spacial score (nSPS) is 9.30. The molecule has 0 aliphatic rings. The van der Waals surface area contributed by atoms with E-state index in [9.17, 15) is 0 Å². The smallest absolute Gasteiger partial charge is 0.136 e. The largest absolute Gasteiger partial charge is 0.346 e. The number of nitrogens with one attached hydrogen (secondary N) is 1. The maximum Gasteiger partial charge on any atom is 0.136 e. The third kappa shape index (κ3) is 0.880. The molecule has 1 heterocycles. The summed E-state index contributed by atoms with van der Waals surface area (Å²) in [5.41, 5.74) is 2.19. The molecule has 0 unspecified atom stereocenters. The molecule has 0 radical (unpaired) electrons. The van der Waals surface area contributed by atoms with Gasteiger partial charge < -0.3 is 4.98 Å². The van der Waals surface area contributed by atoms with E-state index < -0.39 is 0 Å². The van der Waals surface area contributed by atoms with E-state index in [2.05, 4.69) is 23.3 Å². The molecule has 0 fully saturated rings. The molecule has 2 heteroatoms. The van der Waals surface area contributed by atoms with E-state index in [0.717, 1.165) is 16.9 Å². The van der Waals surface area contributed by atoms with Crippen molar-refractivity contribution in [3.05, 3.63) is 23.9 Å². The van der Waals surface area contributed by atoms with Crippen molar-refractivity contribution < 1.29 is 1.43 Å². The Morgan fingerprint density at radius 2 is 2.50 bits per heavy atom. The third-order valence-corrected chi connectivity index (χ3v) is 1.47. The summed E-state index contributed by atoms with van der Waals surface area (Å²) in [5, 5.41) is 0. The summed E-state index contributed by atoms with van der Waals surface area (Å²) in [6.45, 7) is 9.09. The zero-order valence-electron chi connectivity index (χ0n) is 6.02. The second kappa shape index (κ2) is 2.52.